The van der Waals surface area contributed by atoms with Gasteiger partial charge in [-0.3, -0.25) is 4.79 Å². The largest absolute Gasteiger partial charge is 0.356 e. The molecule has 0 aromatic carbocycles. The van der Waals surface area contributed by atoms with Crippen molar-refractivity contribution in [1.82, 2.24) is 4.98 Å². The number of rotatable bonds is 5. The maximum Gasteiger partial charge on any atom is 0.179 e. The predicted octanol–water partition coefficient (Wildman–Crippen LogP) is 3.70. The number of aromatic amines is 1. The molecule has 0 fully saturated rings. The lowest BCUT2D eigenvalue weighted by Crippen LogP contribution is -2.01. The van der Waals surface area contributed by atoms with E-state index in [2.05, 4.69) is 18.8 Å². The molecule has 0 amide bonds. The standard InChI is InChI=1S/C13H21NO/c1-5-6-7-8-12(15)13-10(3)9(2)11(4)14-13/h14H,5-8H2,1-4H3. The number of ketones is 1. The summed E-state index contributed by atoms with van der Waals surface area (Å²) in [6.45, 7) is 8.25. The average molecular weight is 207 g/mol. The van der Waals surface area contributed by atoms with E-state index in [1.54, 1.807) is 0 Å². The zero-order valence-electron chi connectivity index (χ0n) is 10.2. The molecule has 0 atom stereocenters. The second-order valence-corrected chi connectivity index (χ2v) is 4.26. The first-order valence-electron chi connectivity index (χ1n) is 5.76. The van der Waals surface area contributed by atoms with Gasteiger partial charge in [-0.05, 0) is 38.3 Å². The minimum absolute atomic E-state index is 0.261. The summed E-state index contributed by atoms with van der Waals surface area (Å²) in [5.74, 6) is 0.261. The molecule has 1 N–H and O–H groups in total. The van der Waals surface area contributed by atoms with Gasteiger partial charge >= 0.3 is 0 Å². The molecular formula is C13H21NO. The fourth-order valence-electron chi connectivity index (χ4n) is 1.78. The number of hydrogen-bond acceptors (Lipinski definition) is 1. The highest BCUT2D eigenvalue weighted by Crippen LogP contribution is 2.18. The summed E-state index contributed by atoms with van der Waals surface area (Å²) in [5.41, 5.74) is 4.27. The van der Waals surface area contributed by atoms with Gasteiger partial charge in [0.1, 0.15) is 0 Å². The molecule has 0 unspecified atom stereocenters. The quantitative estimate of drug-likeness (QED) is 0.579. The van der Waals surface area contributed by atoms with Crippen LogP contribution in [0.25, 0.3) is 0 Å². The molecule has 1 aromatic heterocycles. The lowest BCUT2D eigenvalue weighted by atomic mass is 10.1. The Labute approximate surface area is 92.1 Å². The highest BCUT2D eigenvalue weighted by atomic mass is 16.1. The third-order valence-corrected chi connectivity index (χ3v) is 3.10. The van der Waals surface area contributed by atoms with E-state index in [1.165, 1.54) is 5.56 Å². The van der Waals surface area contributed by atoms with Gasteiger partial charge in [-0.2, -0.15) is 0 Å². The van der Waals surface area contributed by atoms with Crippen molar-refractivity contribution in [3.63, 3.8) is 0 Å². The predicted molar refractivity (Wildman–Crippen MR) is 63.5 cm³/mol. The van der Waals surface area contributed by atoms with Crippen LogP contribution in [0, 0.1) is 20.8 Å². The second-order valence-electron chi connectivity index (χ2n) is 4.26. The van der Waals surface area contributed by atoms with E-state index < -0.39 is 0 Å². The van der Waals surface area contributed by atoms with Crippen molar-refractivity contribution in [2.75, 3.05) is 0 Å². The van der Waals surface area contributed by atoms with Crippen LogP contribution in [0.15, 0.2) is 0 Å². The van der Waals surface area contributed by atoms with E-state index in [9.17, 15) is 4.79 Å². The summed E-state index contributed by atoms with van der Waals surface area (Å²) in [6.07, 6.45) is 3.98. The molecule has 1 aromatic rings. The first-order chi connectivity index (χ1) is 7.07. The van der Waals surface area contributed by atoms with Crippen LogP contribution < -0.4 is 0 Å². The van der Waals surface area contributed by atoms with Gasteiger partial charge in [0.05, 0.1) is 5.69 Å². The molecule has 0 bridgehead atoms. The molecule has 0 radical (unpaired) electrons. The van der Waals surface area contributed by atoms with E-state index >= 15 is 0 Å². The molecular weight excluding hydrogens is 186 g/mol. The fraction of sp³-hybridized carbons (Fsp3) is 0.615. The molecule has 84 valence electrons. The van der Waals surface area contributed by atoms with Crippen molar-refractivity contribution in [1.29, 1.82) is 0 Å². The SMILES string of the molecule is CCCCCC(=O)c1[nH]c(C)c(C)c1C. The zero-order chi connectivity index (χ0) is 11.4. The maximum absolute atomic E-state index is 11.9. The number of unbranched alkanes of at least 4 members (excludes halogenated alkanes) is 2. The molecule has 0 saturated carbocycles. The summed E-state index contributed by atoms with van der Waals surface area (Å²) in [5, 5.41) is 0. The zero-order valence-corrected chi connectivity index (χ0v) is 10.2. The van der Waals surface area contributed by atoms with Gasteiger partial charge in [-0.1, -0.05) is 19.8 Å². The van der Waals surface area contributed by atoms with E-state index in [4.69, 9.17) is 0 Å². The molecule has 1 heterocycles. The number of carbonyl (C=O) groups excluding carboxylic acids is 1. The van der Waals surface area contributed by atoms with Gasteiger partial charge < -0.3 is 4.98 Å². The van der Waals surface area contributed by atoms with Crippen molar-refractivity contribution in [3.05, 3.63) is 22.5 Å². The number of aryl methyl sites for hydroxylation is 1. The fourth-order valence-corrected chi connectivity index (χ4v) is 1.78. The Kier molecular flexibility index (Phi) is 4.13. The molecule has 2 nitrogen and oxygen atoms in total. The topological polar surface area (TPSA) is 32.9 Å². The van der Waals surface area contributed by atoms with Crippen molar-refractivity contribution in [3.8, 4) is 0 Å². The molecule has 0 spiro atoms. The summed E-state index contributed by atoms with van der Waals surface area (Å²) in [6, 6.07) is 0. The number of Topliss-reactive ketones (excluding diaryl/α,β-unsaturated/α-hetero) is 1. The Balaban J connectivity index is 2.70. The molecule has 0 aliphatic rings. The summed E-state index contributed by atoms with van der Waals surface area (Å²) in [7, 11) is 0. The number of H-pyrrole nitrogens is 1. The number of hydrogen-bond donors (Lipinski definition) is 1. The van der Waals surface area contributed by atoms with Crippen LogP contribution in [0.3, 0.4) is 0 Å². The average Bonchev–Trinajstić information content (AvgIpc) is 2.46. The van der Waals surface area contributed by atoms with Gasteiger partial charge in [0.15, 0.2) is 5.78 Å². The normalized spacial score (nSPS) is 10.7. The van der Waals surface area contributed by atoms with Crippen molar-refractivity contribution in [2.24, 2.45) is 0 Å². The minimum atomic E-state index is 0.261. The van der Waals surface area contributed by atoms with Crippen LogP contribution in [-0.2, 0) is 0 Å². The Morgan fingerprint density at radius 3 is 2.27 bits per heavy atom. The Bertz CT molecular complexity index is 350. The Hall–Kier alpha value is -1.05. The summed E-state index contributed by atoms with van der Waals surface area (Å²) >= 11 is 0. The van der Waals surface area contributed by atoms with Crippen LogP contribution in [0.5, 0.6) is 0 Å². The number of carbonyl (C=O) groups is 1. The molecule has 0 aliphatic carbocycles. The molecule has 1 rings (SSSR count). The second kappa shape index (κ2) is 5.15. The van der Waals surface area contributed by atoms with Crippen molar-refractivity contribution in [2.45, 2.75) is 53.4 Å². The first kappa shape index (κ1) is 12.0. The van der Waals surface area contributed by atoms with Gasteiger partial charge in [-0.25, -0.2) is 0 Å². The third-order valence-electron chi connectivity index (χ3n) is 3.10. The third kappa shape index (κ3) is 2.71. The lowest BCUT2D eigenvalue weighted by Gasteiger charge is -1.99. The Morgan fingerprint density at radius 1 is 1.13 bits per heavy atom. The van der Waals surface area contributed by atoms with Crippen LogP contribution in [-0.4, -0.2) is 10.8 Å². The van der Waals surface area contributed by atoms with Crippen LogP contribution in [0.4, 0.5) is 0 Å². The van der Waals surface area contributed by atoms with Crippen LogP contribution in [0.2, 0.25) is 0 Å². The van der Waals surface area contributed by atoms with Crippen molar-refractivity contribution >= 4 is 5.78 Å². The highest BCUT2D eigenvalue weighted by Gasteiger charge is 2.13. The van der Waals surface area contributed by atoms with E-state index in [1.807, 2.05) is 13.8 Å². The summed E-state index contributed by atoms with van der Waals surface area (Å²) < 4.78 is 0. The van der Waals surface area contributed by atoms with E-state index in [-0.39, 0.29) is 5.78 Å². The van der Waals surface area contributed by atoms with Gasteiger partial charge in [0.25, 0.3) is 0 Å². The smallest absolute Gasteiger partial charge is 0.179 e. The minimum Gasteiger partial charge on any atom is -0.356 e. The van der Waals surface area contributed by atoms with E-state index in [0.29, 0.717) is 6.42 Å². The van der Waals surface area contributed by atoms with Gasteiger partial charge in [0, 0.05) is 12.1 Å². The van der Waals surface area contributed by atoms with Crippen LogP contribution in [0.1, 0.15) is 59.9 Å². The maximum atomic E-state index is 11.9. The molecule has 0 saturated heterocycles. The van der Waals surface area contributed by atoms with Gasteiger partial charge in [0.2, 0.25) is 0 Å². The Morgan fingerprint density at radius 2 is 1.80 bits per heavy atom. The van der Waals surface area contributed by atoms with Gasteiger partial charge in [-0.15, -0.1) is 0 Å². The lowest BCUT2D eigenvalue weighted by molar-refractivity contribution is 0.0974. The van der Waals surface area contributed by atoms with Crippen LogP contribution >= 0.6 is 0 Å². The number of nitrogens with one attached hydrogen (secondary N) is 1. The van der Waals surface area contributed by atoms with E-state index in [0.717, 1.165) is 36.2 Å². The first-order valence-corrected chi connectivity index (χ1v) is 5.76. The highest BCUT2D eigenvalue weighted by molar-refractivity contribution is 5.96. The molecule has 15 heavy (non-hydrogen) atoms. The molecule has 0 aliphatic heterocycles. The number of aromatic nitrogens is 1. The molecule has 2 heteroatoms. The monoisotopic (exact) mass is 207 g/mol. The summed E-state index contributed by atoms with van der Waals surface area (Å²) in [4.78, 5) is 15.1. The van der Waals surface area contributed by atoms with Crippen molar-refractivity contribution < 1.29 is 4.79 Å².